The van der Waals surface area contributed by atoms with Crippen molar-refractivity contribution in [2.45, 2.75) is 58.8 Å². The Morgan fingerprint density at radius 3 is 1.72 bits per heavy atom. The molecule has 0 unspecified atom stereocenters. The van der Waals surface area contributed by atoms with Crippen LogP contribution in [0.3, 0.4) is 0 Å². The number of rotatable bonds is 12. The molecule has 0 aromatic rings. The molecule has 6 heteroatoms. The fourth-order valence-electron chi connectivity index (χ4n) is 1.42. The minimum absolute atomic E-state index is 0.228. The SMILES string of the molecule is CCCCCOP(=O)(CC(F)F)OCCCCC. The molecule has 0 aromatic carbocycles. The maximum Gasteiger partial charge on any atom is 0.336 e. The highest BCUT2D eigenvalue weighted by Crippen LogP contribution is 2.49. The molecular weight excluding hydrogens is 261 g/mol. The van der Waals surface area contributed by atoms with Crippen molar-refractivity contribution >= 4 is 7.60 Å². The highest BCUT2D eigenvalue weighted by atomic mass is 31.2. The third kappa shape index (κ3) is 9.98. The molecule has 0 saturated carbocycles. The smallest absolute Gasteiger partial charge is 0.308 e. The maximum atomic E-state index is 12.3. The molecule has 110 valence electrons. The lowest BCUT2D eigenvalue weighted by Gasteiger charge is -2.18. The Balaban J connectivity index is 4.03. The summed E-state index contributed by atoms with van der Waals surface area (Å²) in [4.78, 5) is 0. The van der Waals surface area contributed by atoms with Crippen LogP contribution in [-0.2, 0) is 13.6 Å². The number of alkyl halides is 2. The lowest BCUT2D eigenvalue weighted by Crippen LogP contribution is -2.08. The van der Waals surface area contributed by atoms with Crippen LogP contribution in [0.15, 0.2) is 0 Å². The van der Waals surface area contributed by atoms with E-state index in [1.165, 1.54) is 0 Å². The summed E-state index contributed by atoms with van der Waals surface area (Å²) in [5, 5.41) is 0. The van der Waals surface area contributed by atoms with Crippen LogP contribution in [0.1, 0.15) is 52.4 Å². The number of unbranched alkanes of at least 4 members (excludes halogenated alkanes) is 4. The lowest BCUT2D eigenvalue weighted by atomic mass is 10.3. The van der Waals surface area contributed by atoms with Crippen molar-refractivity contribution < 1.29 is 22.4 Å². The summed E-state index contributed by atoms with van der Waals surface area (Å²) in [7, 11) is -3.61. The van der Waals surface area contributed by atoms with E-state index in [1.807, 2.05) is 13.8 Å². The van der Waals surface area contributed by atoms with Gasteiger partial charge in [0.25, 0.3) is 0 Å². The zero-order chi connectivity index (χ0) is 13.9. The quantitative estimate of drug-likeness (QED) is 0.380. The molecule has 0 bridgehead atoms. The number of hydrogen-bond donors (Lipinski definition) is 0. The van der Waals surface area contributed by atoms with E-state index in [0.29, 0.717) is 0 Å². The van der Waals surface area contributed by atoms with Gasteiger partial charge in [-0.3, -0.25) is 4.57 Å². The first-order valence-corrected chi connectivity index (χ1v) is 8.43. The van der Waals surface area contributed by atoms with Gasteiger partial charge in [-0.05, 0) is 12.8 Å². The zero-order valence-corrected chi connectivity index (χ0v) is 12.3. The maximum absolute atomic E-state index is 12.3. The Kier molecular flexibility index (Phi) is 10.9. The Labute approximate surface area is 109 Å². The molecule has 0 aliphatic rings. The molecule has 0 rings (SSSR count). The second-order valence-corrected chi connectivity index (χ2v) is 6.37. The Morgan fingerprint density at radius 2 is 1.39 bits per heavy atom. The number of hydrogen-bond acceptors (Lipinski definition) is 3. The van der Waals surface area contributed by atoms with Gasteiger partial charge < -0.3 is 9.05 Å². The minimum atomic E-state index is -3.61. The van der Waals surface area contributed by atoms with Gasteiger partial charge in [-0.1, -0.05) is 39.5 Å². The number of halogens is 2. The highest BCUT2D eigenvalue weighted by molar-refractivity contribution is 7.53. The van der Waals surface area contributed by atoms with E-state index in [0.717, 1.165) is 38.5 Å². The third-order valence-corrected chi connectivity index (χ3v) is 4.31. The Bertz CT molecular complexity index is 221. The van der Waals surface area contributed by atoms with Crippen LogP contribution in [0.4, 0.5) is 8.78 Å². The topological polar surface area (TPSA) is 35.5 Å². The molecule has 0 saturated heterocycles. The van der Waals surface area contributed by atoms with E-state index >= 15 is 0 Å². The summed E-state index contributed by atoms with van der Waals surface area (Å²) >= 11 is 0. The largest absolute Gasteiger partial charge is 0.336 e. The van der Waals surface area contributed by atoms with Crippen molar-refractivity contribution in [2.75, 3.05) is 19.4 Å². The second kappa shape index (κ2) is 10.9. The highest BCUT2D eigenvalue weighted by Gasteiger charge is 2.29. The molecule has 0 fully saturated rings. The Hall–Kier alpha value is 0.01000. The van der Waals surface area contributed by atoms with Crippen molar-refractivity contribution in [3.8, 4) is 0 Å². The van der Waals surface area contributed by atoms with Crippen molar-refractivity contribution in [2.24, 2.45) is 0 Å². The van der Waals surface area contributed by atoms with E-state index in [4.69, 9.17) is 9.05 Å². The van der Waals surface area contributed by atoms with Gasteiger partial charge in [-0.25, -0.2) is 8.78 Å². The molecule has 3 nitrogen and oxygen atoms in total. The van der Waals surface area contributed by atoms with E-state index in [1.54, 1.807) is 0 Å². The fraction of sp³-hybridized carbons (Fsp3) is 1.00. The predicted octanol–water partition coefficient (Wildman–Crippen LogP) is 4.86. The van der Waals surface area contributed by atoms with Gasteiger partial charge in [0.1, 0.15) is 6.16 Å². The normalized spacial score (nSPS) is 12.3. The van der Waals surface area contributed by atoms with Crippen LogP contribution >= 0.6 is 7.60 Å². The molecule has 0 atom stereocenters. The summed E-state index contributed by atoms with van der Waals surface area (Å²) in [6.45, 7) is 4.51. The van der Waals surface area contributed by atoms with Crippen molar-refractivity contribution in [3.05, 3.63) is 0 Å². The summed E-state index contributed by atoms with van der Waals surface area (Å²) in [6, 6.07) is 0. The van der Waals surface area contributed by atoms with Gasteiger partial charge in [0.05, 0.1) is 13.2 Å². The van der Waals surface area contributed by atoms with Gasteiger partial charge in [0.2, 0.25) is 6.43 Å². The first-order chi connectivity index (χ1) is 8.54. The average molecular weight is 286 g/mol. The molecule has 0 aliphatic heterocycles. The molecule has 0 amide bonds. The van der Waals surface area contributed by atoms with E-state index in [-0.39, 0.29) is 13.2 Å². The predicted molar refractivity (Wildman–Crippen MR) is 69.4 cm³/mol. The first kappa shape index (κ1) is 18.0. The molecule has 0 aliphatic carbocycles. The van der Waals surface area contributed by atoms with Gasteiger partial charge in [-0.15, -0.1) is 0 Å². The van der Waals surface area contributed by atoms with Crippen molar-refractivity contribution in [1.82, 2.24) is 0 Å². The third-order valence-electron chi connectivity index (χ3n) is 2.43. The van der Waals surface area contributed by atoms with E-state index in [2.05, 4.69) is 0 Å². The van der Waals surface area contributed by atoms with Gasteiger partial charge in [-0.2, -0.15) is 0 Å². The molecule has 0 radical (unpaired) electrons. The average Bonchev–Trinajstić information content (AvgIpc) is 2.30. The second-order valence-electron chi connectivity index (χ2n) is 4.27. The first-order valence-electron chi connectivity index (χ1n) is 6.70. The molecule has 0 heterocycles. The Morgan fingerprint density at radius 1 is 0.944 bits per heavy atom. The summed E-state index contributed by atoms with van der Waals surface area (Å²) < 4.78 is 46.9. The molecule has 0 spiro atoms. The summed E-state index contributed by atoms with van der Waals surface area (Å²) in [5.41, 5.74) is 0. The molecular formula is C12H25F2O3P. The fourth-order valence-corrected chi connectivity index (χ4v) is 2.86. The van der Waals surface area contributed by atoms with Crippen LogP contribution in [0.25, 0.3) is 0 Å². The minimum Gasteiger partial charge on any atom is -0.308 e. The van der Waals surface area contributed by atoms with Crippen molar-refractivity contribution in [3.63, 3.8) is 0 Å². The van der Waals surface area contributed by atoms with Crippen LogP contribution in [-0.4, -0.2) is 25.8 Å². The molecule has 0 aromatic heterocycles. The lowest BCUT2D eigenvalue weighted by molar-refractivity contribution is 0.145. The summed E-state index contributed by atoms with van der Waals surface area (Å²) in [6.07, 6.45) is 1.86. The van der Waals surface area contributed by atoms with Gasteiger partial charge >= 0.3 is 7.60 Å². The zero-order valence-electron chi connectivity index (χ0n) is 11.4. The van der Waals surface area contributed by atoms with Gasteiger partial charge in [0.15, 0.2) is 0 Å². The molecule has 18 heavy (non-hydrogen) atoms. The molecule has 0 N–H and O–H groups in total. The van der Waals surface area contributed by atoms with E-state index < -0.39 is 20.2 Å². The van der Waals surface area contributed by atoms with Crippen LogP contribution in [0, 0.1) is 0 Å². The van der Waals surface area contributed by atoms with Crippen molar-refractivity contribution in [1.29, 1.82) is 0 Å². The summed E-state index contributed by atoms with van der Waals surface area (Å²) in [5.74, 6) is 0. The van der Waals surface area contributed by atoms with Crippen LogP contribution in [0.2, 0.25) is 0 Å². The van der Waals surface area contributed by atoms with E-state index in [9.17, 15) is 13.3 Å². The monoisotopic (exact) mass is 286 g/mol. The standard InChI is InChI=1S/C12H25F2O3P/c1-3-5-7-9-16-18(15,11-12(13)14)17-10-8-6-4-2/h12H,3-11H2,1-2H3. The van der Waals surface area contributed by atoms with Gasteiger partial charge in [0, 0.05) is 0 Å². The van der Waals surface area contributed by atoms with Crippen LogP contribution in [0.5, 0.6) is 0 Å². The van der Waals surface area contributed by atoms with Crippen LogP contribution < -0.4 is 0 Å².